The van der Waals surface area contributed by atoms with Gasteiger partial charge in [0.25, 0.3) is 5.91 Å². The Bertz CT molecular complexity index is 580. The quantitative estimate of drug-likeness (QED) is 0.829. The summed E-state index contributed by atoms with van der Waals surface area (Å²) in [5, 5.41) is 6.84. The number of aryl methyl sites for hydroxylation is 1. The highest BCUT2D eigenvalue weighted by atomic mass is 32.1. The first-order valence-corrected chi connectivity index (χ1v) is 6.75. The van der Waals surface area contributed by atoms with Crippen LogP contribution in [-0.2, 0) is 6.54 Å². The van der Waals surface area contributed by atoms with Crippen molar-refractivity contribution < 1.29 is 9.18 Å². The van der Waals surface area contributed by atoms with E-state index < -0.39 is 5.82 Å². The molecule has 0 fully saturated rings. The Morgan fingerprint density at radius 3 is 2.83 bits per heavy atom. The summed E-state index contributed by atoms with van der Waals surface area (Å²) in [5.74, 6) is -0.653. The van der Waals surface area contributed by atoms with Gasteiger partial charge in [0, 0.05) is 17.0 Å². The maximum atomic E-state index is 13.0. The van der Waals surface area contributed by atoms with Gasteiger partial charge >= 0.3 is 0 Å². The molecule has 0 spiro atoms. The highest BCUT2D eigenvalue weighted by molar-refractivity contribution is 7.80. The van der Waals surface area contributed by atoms with E-state index in [4.69, 9.17) is 0 Å². The molecule has 0 saturated heterocycles. The first kappa shape index (κ1) is 13.1. The summed E-state index contributed by atoms with van der Waals surface area (Å²) in [5.41, 5.74) is 2.67. The fraction of sp³-hybridized carbons (Fsp3) is 0.154. The second-order valence-electron chi connectivity index (χ2n) is 3.93. The monoisotopic (exact) mass is 281 g/mol. The molecular formula is C13H12FNOS2. The van der Waals surface area contributed by atoms with Crippen molar-refractivity contribution >= 4 is 29.9 Å². The molecule has 2 rings (SSSR count). The van der Waals surface area contributed by atoms with Crippen LogP contribution in [0.4, 0.5) is 4.39 Å². The third kappa shape index (κ3) is 2.91. The van der Waals surface area contributed by atoms with E-state index >= 15 is 0 Å². The minimum atomic E-state index is -0.427. The maximum Gasteiger partial charge on any atom is 0.251 e. The van der Waals surface area contributed by atoms with E-state index in [0.29, 0.717) is 12.1 Å². The average Bonchev–Trinajstić information content (AvgIpc) is 2.75. The van der Waals surface area contributed by atoms with Crippen LogP contribution in [0.3, 0.4) is 0 Å². The second-order valence-corrected chi connectivity index (χ2v) is 5.15. The minimum Gasteiger partial charge on any atom is -0.348 e. The Morgan fingerprint density at radius 2 is 2.22 bits per heavy atom. The first-order valence-electron chi connectivity index (χ1n) is 5.36. The predicted octanol–water partition coefficient (Wildman–Crippen LogP) is 3.41. The topological polar surface area (TPSA) is 29.1 Å². The molecule has 1 aromatic carbocycles. The van der Waals surface area contributed by atoms with Crippen molar-refractivity contribution in [2.45, 2.75) is 18.4 Å². The number of carbonyl (C=O) groups is 1. The molecule has 0 atom stereocenters. The lowest BCUT2D eigenvalue weighted by atomic mass is 10.2. The van der Waals surface area contributed by atoms with E-state index in [1.54, 1.807) is 11.3 Å². The molecule has 1 N–H and O–H groups in total. The maximum absolute atomic E-state index is 13.0. The SMILES string of the molecule is Cc1cscc1CNC(=O)c1ccc(F)c(S)c1. The normalized spacial score (nSPS) is 10.4. The number of amides is 1. The molecule has 0 aliphatic rings. The van der Waals surface area contributed by atoms with Crippen LogP contribution in [0, 0.1) is 12.7 Å². The van der Waals surface area contributed by atoms with Gasteiger partial charge in [0.05, 0.1) is 0 Å². The van der Waals surface area contributed by atoms with Crippen molar-refractivity contribution in [2.75, 3.05) is 0 Å². The lowest BCUT2D eigenvalue weighted by molar-refractivity contribution is 0.0950. The highest BCUT2D eigenvalue weighted by Gasteiger charge is 2.08. The van der Waals surface area contributed by atoms with Gasteiger partial charge in [-0.25, -0.2) is 4.39 Å². The molecule has 1 amide bonds. The van der Waals surface area contributed by atoms with Crippen LogP contribution in [0.5, 0.6) is 0 Å². The molecule has 2 aromatic rings. The van der Waals surface area contributed by atoms with Gasteiger partial charge in [-0.3, -0.25) is 4.79 Å². The van der Waals surface area contributed by atoms with Gasteiger partial charge in [-0.1, -0.05) is 0 Å². The van der Waals surface area contributed by atoms with E-state index in [1.807, 2.05) is 17.7 Å². The summed E-state index contributed by atoms with van der Waals surface area (Å²) in [6.45, 7) is 2.48. The zero-order valence-corrected chi connectivity index (χ0v) is 11.4. The lowest BCUT2D eigenvalue weighted by Gasteiger charge is -2.06. The summed E-state index contributed by atoms with van der Waals surface area (Å²) < 4.78 is 13.0. The van der Waals surface area contributed by atoms with Crippen molar-refractivity contribution in [2.24, 2.45) is 0 Å². The summed E-state index contributed by atoms with van der Waals surface area (Å²) in [6, 6.07) is 4.12. The van der Waals surface area contributed by atoms with Crippen molar-refractivity contribution in [1.82, 2.24) is 5.32 Å². The summed E-state index contributed by atoms with van der Waals surface area (Å²) >= 11 is 5.56. The van der Waals surface area contributed by atoms with Crippen molar-refractivity contribution in [3.05, 3.63) is 51.5 Å². The van der Waals surface area contributed by atoms with Crippen LogP contribution in [0.15, 0.2) is 33.9 Å². The Kier molecular flexibility index (Phi) is 4.04. The van der Waals surface area contributed by atoms with Crippen molar-refractivity contribution in [1.29, 1.82) is 0 Å². The molecule has 5 heteroatoms. The third-order valence-electron chi connectivity index (χ3n) is 2.61. The molecule has 1 aromatic heterocycles. The van der Waals surface area contributed by atoms with Gasteiger partial charge in [-0.05, 0) is 47.0 Å². The standard InChI is InChI=1S/C13H12FNOS2/c1-8-6-18-7-10(8)5-15-13(16)9-2-3-11(14)12(17)4-9/h2-4,6-7,17H,5H2,1H3,(H,15,16). The number of carbonyl (C=O) groups excluding carboxylic acids is 1. The molecule has 0 aliphatic carbocycles. The van der Waals surface area contributed by atoms with Crippen LogP contribution in [0.2, 0.25) is 0 Å². The van der Waals surface area contributed by atoms with Gasteiger partial charge in [0.15, 0.2) is 0 Å². The molecule has 94 valence electrons. The van der Waals surface area contributed by atoms with Crippen LogP contribution in [-0.4, -0.2) is 5.91 Å². The molecule has 0 radical (unpaired) electrons. The predicted molar refractivity (Wildman–Crippen MR) is 73.9 cm³/mol. The number of thiol groups is 1. The van der Waals surface area contributed by atoms with Crippen LogP contribution in [0.25, 0.3) is 0 Å². The fourth-order valence-electron chi connectivity index (χ4n) is 1.50. The fourth-order valence-corrected chi connectivity index (χ4v) is 2.57. The molecule has 18 heavy (non-hydrogen) atoms. The minimum absolute atomic E-state index is 0.175. The molecule has 2 nitrogen and oxygen atoms in total. The second kappa shape index (κ2) is 5.54. The van der Waals surface area contributed by atoms with Crippen LogP contribution >= 0.6 is 24.0 Å². The average molecular weight is 281 g/mol. The molecular weight excluding hydrogens is 269 g/mol. The molecule has 0 saturated carbocycles. The molecule has 1 heterocycles. The highest BCUT2D eigenvalue weighted by Crippen LogP contribution is 2.15. The third-order valence-corrected chi connectivity index (χ3v) is 3.86. The number of rotatable bonds is 3. The lowest BCUT2D eigenvalue weighted by Crippen LogP contribution is -2.22. The zero-order valence-electron chi connectivity index (χ0n) is 9.74. The number of thiophene rings is 1. The summed E-state index contributed by atoms with van der Waals surface area (Å²) in [4.78, 5) is 12.0. The summed E-state index contributed by atoms with van der Waals surface area (Å²) in [6.07, 6.45) is 0. The zero-order chi connectivity index (χ0) is 13.1. The Hall–Kier alpha value is -1.33. The number of nitrogens with one attached hydrogen (secondary N) is 1. The van der Waals surface area contributed by atoms with Crippen molar-refractivity contribution in [3.8, 4) is 0 Å². The number of hydrogen-bond donors (Lipinski definition) is 2. The first-order chi connectivity index (χ1) is 8.58. The van der Waals surface area contributed by atoms with Gasteiger partial charge in [-0.2, -0.15) is 11.3 Å². The van der Waals surface area contributed by atoms with Gasteiger partial charge in [-0.15, -0.1) is 12.6 Å². The Balaban J connectivity index is 2.04. The molecule has 0 unspecified atom stereocenters. The van der Waals surface area contributed by atoms with Gasteiger partial charge in [0.1, 0.15) is 5.82 Å². The number of halogens is 1. The van der Waals surface area contributed by atoms with Crippen LogP contribution < -0.4 is 5.32 Å². The number of benzene rings is 1. The van der Waals surface area contributed by atoms with E-state index in [1.165, 1.54) is 18.2 Å². The smallest absolute Gasteiger partial charge is 0.251 e. The summed E-state index contributed by atoms with van der Waals surface area (Å²) in [7, 11) is 0. The largest absolute Gasteiger partial charge is 0.348 e. The Labute approximate surface area is 114 Å². The Morgan fingerprint density at radius 1 is 1.44 bits per heavy atom. The molecule has 0 aliphatic heterocycles. The number of hydrogen-bond acceptors (Lipinski definition) is 3. The van der Waals surface area contributed by atoms with E-state index in [9.17, 15) is 9.18 Å². The van der Waals surface area contributed by atoms with Crippen molar-refractivity contribution in [3.63, 3.8) is 0 Å². The van der Waals surface area contributed by atoms with E-state index in [0.717, 1.165) is 11.1 Å². The van der Waals surface area contributed by atoms with Crippen LogP contribution in [0.1, 0.15) is 21.5 Å². The van der Waals surface area contributed by atoms with Gasteiger partial charge < -0.3 is 5.32 Å². The van der Waals surface area contributed by atoms with Gasteiger partial charge in [0.2, 0.25) is 0 Å². The molecule has 0 bridgehead atoms. The van der Waals surface area contributed by atoms with E-state index in [-0.39, 0.29) is 10.8 Å². The van der Waals surface area contributed by atoms with E-state index in [2.05, 4.69) is 17.9 Å².